The molecule has 0 saturated carbocycles. The summed E-state index contributed by atoms with van der Waals surface area (Å²) in [6.07, 6.45) is 1.95. The van der Waals surface area contributed by atoms with E-state index in [1.165, 1.54) is 12.1 Å². The number of rotatable bonds is 4. The van der Waals surface area contributed by atoms with E-state index in [-0.39, 0.29) is 5.69 Å². The molecule has 1 heterocycles. The highest BCUT2D eigenvalue weighted by Gasteiger charge is 2.05. The molecular weight excluding hydrogens is 232 g/mol. The van der Waals surface area contributed by atoms with Gasteiger partial charge in [0.15, 0.2) is 0 Å². The van der Waals surface area contributed by atoms with E-state index in [2.05, 4.69) is 10.4 Å². The molecule has 0 aliphatic rings. The molecule has 0 unspecified atom stereocenters. The molecule has 94 valence electrons. The summed E-state index contributed by atoms with van der Waals surface area (Å²) in [4.78, 5) is 10.1. The second-order valence-corrected chi connectivity index (χ2v) is 4.07. The lowest BCUT2D eigenvalue weighted by Crippen LogP contribution is -1.99. The first kappa shape index (κ1) is 12.1. The molecule has 1 aromatic heterocycles. The number of nitrogens with one attached hydrogen (secondary N) is 1. The highest BCUT2D eigenvalue weighted by atomic mass is 16.6. The van der Waals surface area contributed by atoms with Crippen LogP contribution in [-0.2, 0) is 13.6 Å². The number of aryl methyl sites for hydroxylation is 2. The maximum Gasteiger partial charge on any atom is 0.269 e. The molecule has 0 atom stereocenters. The molecule has 6 nitrogen and oxygen atoms in total. The van der Waals surface area contributed by atoms with Gasteiger partial charge in [0.1, 0.15) is 0 Å². The molecule has 6 heteroatoms. The Morgan fingerprint density at radius 2 is 2.06 bits per heavy atom. The quantitative estimate of drug-likeness (QED) is 0.663. The molecular formula is C12H14N4O2. The van der Waals surface area contributed by atoms with Gasteiger partial charge in [-0.05, 0) is 19.1 Å². The molecule has 0 radical (unpaired) electrons. The Bertz CT molecular complexity index is 560. The van der Waals surface area contributed by atoms with Gasteiger partial charge >= 0.3 is 0 Å². The molecule has 0 aliphatic heterocycles. The minimum Gasteiger partial charge on any atom is -0.381 e. The number of nitrogens with zero attached hydrogens (tertiary/aromatic N) is 3. The van der Waals surface area contributed by atoms with Gasteiger partial charge in [-0.3, -0.25) is 14.8 Å². The van der Waals surface area contributed by atoms with Gasteiger partial charge in [0.25, 0.3) is 5.69 Å². The van der Waals surface area contributed by atoms with E-state index in [0.29, 0.717) is 6.54 Å². The normalized spacial score (nSPS) is 10.3. The lowest BCUT2D eigenvalue weighted by molar-refractivity contribution is -0.384. The van der Waals surface area contributed by atoms with E-state index in [1.54, 1.807) is 16.8 Å². The number of hydrogen-bond donors (Lipinski definition) is 1. The van der Waals surface area contributed by atoms with E-state index in [1.807, 2.05) is 20.2 Å². The van der Waals surface area contributed by atoms with Crippen LogP contribution in [0.15, 0.2) is 30.5 Å². The zero-order valence-electron chi connectivity index (χ0n) is 10.3. The molecule has 0 saturated heterocycles. The number of anilines is 1. The lowest BCUT2D eigenvalue weighted by atomic mass is 10.2. The molecule has 2 aromatic rings. The second kappa shape index (κ2) is 4.87. The van der Waals surface area contributed by atoms with E-state index in [4.69, 9.17) is 0 Å². The molecule has 1 aromatic carbocycles. The predicted molar refractivity (Wildman–Crippen MR) is 68.4 cm³/mol. The average molecular weight is 246 g/mol. The zero-order valence-corrected chi connectivity index (χ0v) is 10.3. The molecule has 18 heavy (non-hydrogen) atoms. The SMILES string of the molecule is Cc1nn(C)cc1CNc1ccc([N+](=O)[O-])cc1. The third-order valence-corrected chi connectivity index (χ3v) is 2.68. The third-order valence-electron chi connectivity index (χ3n) is 2.68. The summed E-state index contributed by atoms with van der Waals surface area (Å²) in [5.41, 5.74) is 3.03. The van der Waals surface area contributed by atoms with Crippen molar-refractivity contribution in [3.05, 3.63) is 51.8 Å². The molecule has 0 bridgehead atoms. The Morgan fingerprint density at radius 1 is 1.39 bits per heavy atom. The Labute approximate surface area is 104 Å². The van der Waals surface area contributed by atoms with Crippen LogP contribution in [0, 0.1) is 17.0 Å². The average Bonchev–Trinajstić information content (AvgIpc) is 2.66. The number of hydrogen-bond acceptors (Lipinski definition) is 4. The van der Waals surface area contributed by atoms with Crippen LogP contribution in [0.3, 0.4) is 0 Å². The van der Waals surface area contributed by atoms with Crippen molar-refractivity contribution < 1.29 is 4.92 Å². The third kappa shape index (κ3) is 2.65. The fraction of sp³-hybridized carbons (Fsp3) is 0.250. The molecule has 0 aliphatic carbocycles. The number of non-ortho nitro benzene ring substituents is 1. The Balaban J connectivity index is 2.02. The topological polar surface area (TPSA) is 73.0 Å². The van der Waals surface area contributed by atoms with Gasteiger partial charge in [0.05, 0.1) is 10.6 Å². The first-order valence-corrected chi connectivity index (χ1v) is 5.53. The summed E-state index contributed by atoms with van der Waals surface area (Å²) in [5, 5.41) is 18.0. The largest absolute Gasteiger partial charge is 0.381 e. The van der Waals surface area contributed by atoms with Crippen LogP contribution in [0.25, 0.3) is 0 Å². The van der Waals surface area contributed by atoms with Gasteiger partial charge < -0.3 is 5.32 Å². The minimum absolute atomic E-state index is 0.0955. The summed E-state index contributed by atoms with van der Waals surface area (Å²) in [6.45, 7) is 2.60. The maximum atomic E-state index is 10.5. The van der Waals surface area contributed by atoms with Crippen LogP contribution < -0.4 is 5.32 Å². The monoisotopic (exact) mass is 246 g/mol. The van der Waals surface area contributed by atoms with E-state index < -0.39 is 4.92 Å². The smallest absolute Gasteiger partial charge is 0.269 e. The number of nitro benzene ring substituents is 1. The van der Waals surface area contributed by atoms with Crippen LogP contribution >= 0.6 is 0 Å². The van der Waals surface area contributed by atoms with Crippen molar-refractivity contribution in [1.29, 1.82) is 0 Å². The molecule has 0 spiro atoms. The van der Waals surface area contributed by atoms with Gasteiger partial charge in [-0.1, -0.05) is 0 Å². The van der Waals surface area contributed by atoms with Crippen LogP contribution in [0.5, 0.6) is 0 Å². The van der Waals surface area contributed by atoms with Crippen molar-refractivity contribution in [3.63, 3.8) is 0 Å². The zero-order chi connectivity index (χ0) is 13.1. The second-order valence-electron chi connectivity index (χ2n) is 4.07. The number of nitro groups is 1. The highest BCUT2D eigenvalue weighted by molar-refractivity contribution is 5.48. The van der Waals surface area contributed by atoms with Gasteiger partial charge in [0.2, 0.25) is 0 Å². The van der Waals surface area contributed by atoms with Crippen LogP contribution in [0.2, 0.25) is 0 Å². The van der Waals surface area contributed by atoms with Crippen molar-refractivity contribution in [2.75, 3.05) is 5.32 Å². The summed E-state index contributed by atoms with van der Waals surface area (Å²) in [7, 11) is 1.88. The Hall–Kier alpha value is -2.37. The summed E-state index contributed by atoms with van der Waals surface area (Å²) in [6, 6.07) is 6.37. The van der Waals surface area contributed by atoms with Crippen molar-refractivity contribution >= 4 is 11.4 Å². The summed E-state index contributed by atoms with van der Waals surface area (Å²) >= 11 is 0. The number of aromatic nitrogens is 2. The standard InChI is InChI=1S/C12H14N4O2/c1-9-10(8-15(2)14-9)7-13-11-3-5-12(6-4-11)16(17)18/h3-6,8,13H,7H2,1-2H3. The van der Waals surface area contributed by atoms with Crippen LogP contribution in [-0.4, -0.2) is 14.7 Å². The predicted octanol–water partition coefficient (Wildman–Crippen LogP) is 2.25. The first-order valence-electron chi connectivity index (χ1n) is 5.53. The van der Waals surface area contributed by atoms with Gasteiger partial charge in [-0.15, -0.1) is 0 Å². The molecule has 2 rings (SSSR count). The van der Waals surface area contributed by atoms with Crippen molar-refractivity contribution in [1.82, 2.24) is 9.78 Å². The minimum atomic E-state index is -0.408. The lowest BCUT2D eigenvalue weighted by Gasteiger charge is -2.04. The van der Waals surface area contributed by atoms with E-state index in [0.717, 1.165) is 16.9 Å². The van der Waals surface area contributed by atoms with Gasteiger partial charge in [-0.25, -0.2) is 0 Å². The Morgan fingerprint density at radius 3 is 2.56 bits per heavy atom. The summed E-state index contributed by atoms with van der Waals surface area (Å²) < 4.78 is 1.77. The van der Waals surface area contributed by atoms with Gasteiger partial charge in [0, 0.05) is 43.2 Å². The highest BCUT2D eigenvalue weighted by Crippen LogP contribution is 2.16. The number of benzene rings is 1. The van der Waals surface area contributed by atoms with E-state index >= 15 is 0 Å². The maximum absolute atomic E-state index is 10.5. The first-order chi connectivity index (χ1) is 8.56. The van der Waals surface area contributed by atoms with Crippen molar-refractivity contribution in [3.8, 4) is 0 Å². The van der Waals surface area contributed by atoms with Gasteiger partial charge in [-0.2, -0.15) is 5.10 Å². The fourth-order valence-electron chi connectivity index (χ4n) is 1.72. The molecule has 1 N–H and O–H groups in total. The van der Waals surface area contributed by atoms with Crippen molar-refractivity contribution in [2.45, 2.75) is 13.5 Å². The van der Waals surface area contributed by atoms with Crippen LogP contribution in [0.4, 0.5) is 11.4 Å². The fourth-order valence-corrected chi connectivity index (χ4v) is 1.72. The van der Waals surface area contributed by atoms with Crippen LogP contribution in [0.1, 0.15) is 11.3 Å². The molecule has 0 fully saturated rings. The van der Waals surface area contributed by atoms with E-state index in [9.17, 15) is 10.1 Å². The molecule has 0 amide bonds. The Kier molecular flexibility index (Phi) is 3.27. The van der Waals surface area contributed by atoms with Crippen molar-refractivity contribution in [2.24, 2.45) is 7.05 Å². The summed E-state index contributed by atoms with van der Waals surface area (Å²) in [5.74, 6) is 0.